The Kier molecular flexibility index (Phi) is 8.75. The van der Waals surface area contributed by atoms with Crippen LogP contribution >= 0.6 is 15.8 Å². The van der Waals surface area contributed by atoms with E-state index in [0.717, 1.165) is 0 Å². The lowest BCUT2D eigenvalue weighted by atomic mass is 9.81. The molecule has 0 radical (unpaired) electrons. The zero-order valence-electron chi connectivity index (χ0n) is 22.3. The van der Waals surface area contributed by atoms with Gasteiger partial charge in [0.1, 0.15) is 0 Å². The fraction of sp³-hybridized carbons (Fsp3) is 0.0588. The number of hydrogen-bond acceptors (Lipinski definition) is 0. The zero-order chi connectivity index (χ0) is 26.3. The van der Waals surface area contributed by atoms with E-state index in [1.165, 1.54) is 42.8 Å². The fourth-order valence-corrected chi connectivity index (χ4v) is 12.3. The van der Waals surface area contributed by atoms with Gasteiger partial charge in [-0.25, -0.2) is 0 Å². The summed E-state index contributed by atoms with van der Waals surface area (Å²) in [6.45, 7) is 2.50. The first-order valence-corrected chi connectivity index (χ1v) is 16.3. The summed E-state index contributed by atoms with van der Waals surface area (Å²) in [6.07, 6.45) is 0. The molecule has 0 aliphatic rings. The average Bonchev–Trinajstić information content (AvgIpc) is 3.00. The average molecular weight is 524 g/mol. The van der Waals surface area contributed by atoms with Gasteiger partial charge in [0, 0.05) is 5.40 Å². The van der Waals surface area contributed by atoms with E-state index in [-0.39, 0.29) is 0 Å². The lowest BCUT2D eigenvalue weighted by Crippen LogP contribution is -2.26. The Hall–Kier alpha value is -3.17. The van der Waals surface area contributed by atoms with Crippen molar-refractivity contribution in [3.05, 3.63) is 146 Å². The zero-order valence-corrected chi connectivity index (χ0v) is 24.1. The lowest BCUT2D eigenvalue weighted by molar-refractivity contribution is 1.39. The van der Waals surface area contributed by atoms with Gasteiger partial charge in [-0.1, -0.05) is 153 Å². The second-order valence-electron chi connectivity index (χ2n) is 9.04. The van der Waals surface area contributed by atoms with E-state index in [0.29, 0.717) is 5.40 Å². The molecule has 184 valence electrons. The molecule has 2 unspecified atom stereocenters. The molecule has 0 nitrogen and oxygen atoms in total. The molecule has 6 rings (SSSR count). The van der Waals surface area contributed by atoms with Crippen molar-refractivity contribution in [2.45, 2.75) is 12.3 Å². The van der Waals surface area contributed by atoms with E-state index in [1.54, 1.807) is 0 Å². The van der Waals surface area contributed by atoms with Gasteiger partial charge in [0.15, 0.2) is 0 Å². The molecule has 0 spiro atoms. The minimum atomic E-state index is -0.625. The molecular formula is C34H32B2P2. The van der Waals surface area contributed by atoms with Crippen molar-refractivity contribution in [3.63, 3.8) is 0 Å². The van der Waals surface area contributed by atoms with Gasteiger partial charge in [0.25, 0.3) is 0 Å². The van der Waals surface area contributed by atoms with Crippen LogP contribution in [0.25, 0.3) is 21.5 Å². The van der Waals surface area contributed by atoms with Gasteiger partial charge in [0.05, 0.1) is 15.5 Å². The van der Waals surface area contributed by atoms with E-state index in [4.69, 9.17) is 0 Å². The second-order valence-corrected chi connectivity index (χ2v) is 14.5. The van der Waals surface area contributed by atoms with Crippen LogP contribution in [0, 0.1) is 0 Å². The summed E-state index contributed by atoms with van der Waals surface area (Å²) in [7, 11) is 2.75. The summed E-state index contributed by atoms with van der Waals surface area (Å²) in [5, 5.41) is 11.7. The summed E-state index contributed by atoms with van der Waals surface area (Å²) in [6, 6.07) is 53.9. The van der Waals surface area contributed by atoms with E-state index in [1.807, 2.05) is 15.5 Å². The molecular weight excluding hydrogens is 492 g/mol. The van der Waals surface area contributed by atoms with Crippen LogP contribution in [0.3, 0.4) is 0 Å². The molecule has 0 saturated carbocycles. The first kappa shape index (κ1) is 26.4. The Morgan fingerprint density at radius 1 is 0.421 bits per heavy atom. The smallest absolute Gasteiger partial charge is 0.0622 e. The topological polar surface area (TPSA) is 0 Å². The predicted octanol–water partition coefficient (Wildman–Crippen LogP) is 6.07. The summed E-state index contributed by atoms with van der Waals surface area (Å²) >= 11 is 0. The van der Waals surface area contributed by atoms with Crippen LogP contribution in [0.2, 0.25) is 0 Å². The quantitative estimate of drug-likeness (QED) is 0.183. The van der Waals surface area contributed by atoms with Crippen LogP contribution in [-0.4, -0.2) is 20.9 Å². The molecule has 6 aromatic rings. The first-order valence-electron chi connectivity index (χ1n) is 13.5. The molecule has 0 N–H and O–H groups in total. The van der Waals surface area contributed by atoms with E-state index in [2.05, 4.69) is 153 Å². The Labute approximate surface area is 231 Å². The monoisotopic (exact) mass is 524 g/mol. The summed E-state index contributed by atoms with van der Waals surface area (Å²) in [5.41, 5.74) is 0. The molecule has 0 bridgehead atoms. The molecule has 0 fully saturated rings. The summed E-state index contributed by atoms with van der Waals surface area (Å²) in [4.78, 5) is 0. The normalized spacial score (nSPS) is 13.3. The lowest BCUT2D eigenvalue weighted by Gasteiger charge is -2.34. The van der Waals surface area contributed by atoms with Gasteiger partial charge >= 0.3 is 0 Å². The van der Waals surface area contributed by atoms with Crippen LogP contribution in [0.1, 0.15) is 6.92 Å². The molecule has 0 aliphatic heterocycles. The Morgan fingerprint density at radius 3 is 1.18 bits per heavy atom. The van der Waals surface area contributed by atoms with Crippen molar-refractivity contribution in [2.75, 3.05) is 0 Å². The minimum Gasteiger partial charge on any atom is -0.0622 e. The van der Waals surface area contributed by atoms with Crippen molar-refractivity contribution in [1.29, 1.82) is 0 Å². The summed E-state index contributed by atoms with van der Waals surface area (Å²) in [5.74, 6) is 0. The third-order valence-corrected chi connectivity index (χ3v) is 13.3. The largest absolute Gasteiger partial charge is 0.0643 e. The highest BCUT2D eigenvalue weighted by atomic mass is 31.2. The van der Waals surface area contributed by atoms with E-state index < -0.39 is 15.8 Å². The number of fused-ring (bicyclic) bond motifs is 2. The molecule has 0 heterocycles. The molecule has 4 heteroatoms. The van der Waals surface area contributed by atoms with Crippen LogP contribution in [0.4, 0.5) is 0 Å². The molecule has 0 aromatic heterocycles. The maximum Gasteiger partial charge on any atom is 0.0643 e. The van der Waals surface area contributed by atoms with Gasteiger partial charge in [-0.3, -0.25) is 0 Å². The minimum absolute atomic E-state index is 0.441. The van der Waals surface area contributed by atoms with Crippen LogP contribution in [0.5, 0.6) is 0 Å². The highest BCUT2D eigenvalue weighted by molar-refractivity contribution is 7.90. The standard InChI is InChI=1S/C34H28P2.B2H4/c1-26(35(29-18-4-2-5-19-29)33-24-12-16-27-14-8-10-22-31(27)33)36(30-20-6-3-7-21-30)34-25-13-17-28-15-9-11-23-32(28)34;1-2/h2-26H,1H3;1-2H2. The highest BCUT2D eigenvalue weighted by Gasteiger charge is 2.32. The third kappa shape index (κ3) is 5.35. The van der Waals surface area contributed by atoms with Crippen molar-refractivity contribution >= 4 is 74.1 Å². The Bertz CT molecular complexity index is 1490. The van der Waals surface area contributed by atoms with Crippen molar-refractivity contribution in [3.8, 4) is 0 Å². The summed E-state index contributed by atoms with van der Waals surface area (Å²) < 4.78 is 0. The number of rotatable bonds is 6. The number of benzene rings is 6. The molecule has 2 atom stereocenters. The SMILES string of the molecule is BB.CC(P(c1ccccc1)c1cccc2ccccc12)P(c1ccccc1)c1cccc2ccccc12. The van der Waals surface area contributed by atoms with Gasteiger partial charge in [-0.05, 0) is 58.6 Å². The van der Waals surface area contributed by atoms with Crippen LogP contribution in [0.15, 0.2) is 146 Å². The van der Waals surface area contributed by atoms with Crippen molar-refractivity contribution in [1.82, 2.24) is 0 Å². The van der Waals surface area contributed by atoms with Crippen molar-refractivity contribution < 1.29 is 0 Å². The first-order chi connectivity index (χ1) is 18.8. The number of hydrogen-bond donors (Lipinski definition) is 0. The van der Waals surface area contributed by atoms with Gasteiger partial charge in [-0.2, -0.15) is 0 Å². The van der Waals surface area contributed by atoms with E-state index in [9.17, 15) is 0 Å². The van der Waals surface area contributed by atoms with Gasteiger partial charge < -0.3 is 0 Å². The maximum atomic E-state index is 2.50. The maximum absolute atomic E-state index is 2.50. The second kappa shape index (κ2) is 12.6. The van der Waals surface area contributed by atoms with Crippen LogP contribution in [-0.2, 0) is 0 Å². The Morgan fingerprint density at radius 2 is 0.763 bits per heavy atom. The van der Waals surface area contributed by atoms with Crippen LogP contribution < -0.4 is 21.2 Å². The van der Waals surface area contributed by atoms with Crippen molar-refractivity contribution in [2.24, 2.45) is 0 Å². The predicted molar refractivity (Wildman–Crippen MR) is 180 cm³/mol. The molecule has 0 aliphatic carbocycles. The van der Waals surface area contributed by atoms with Gasteiger partial charge in [-0.15, -0.1) is 0 Å². The Balaban J connectivity index is 0.00000144. The highest BCUT2D eigenvalue weighted by Crippen LogP contribution is 2.57. The fourth-order valence-electron chi connectivity index (χ4n) is 5.24. The van der Waals surface area contributed by atoms with E-state index >= 15 is 0 Å². The molecule has 0 amide bonds. The molecule has 6 aromatic carbocycles. The molecule has 38 heavy (non-hydrogen) atoms. The molecule has 0 saturated heterocycles. The van der Waals surface area contributed by atoms with Gasteiger partial charge in [0.2, 0.25) is 0 Å². The third-order valence-electron chi connectivity index (χ3n) is 6.87.